The number of ether oxygens (including phenoxy) is 1. The molecule has 4 nitrogen and oxygen atoms in total. The Bertz CT molecular complexity index is 789. The summed E-state index contributed by atoms with van der Waals surface area (Å²) in [6.45, 7) is 0.906. The first kappa shape index (κ1) is 16.4. The highest BCUT2D eigenvalue weighted by Gasteiger charge is 2.37. The summed E-state index contributed by atoms with van der Waals surface area (Å²) in [5.41, 5.74) is 0.869. The zero-order valence-corrected chi connectivity index (χ0v) is 13.7. The smallest absolute Gasteiger partial charge is 0.243 e. The number of benzene rings is 2. The number of hydrogen-bond donors (Lipinski definition) is 0. The van der Waals surface area contributed by atoms with Gasteiger partial charge < -0.3 is 4.74 Å². The molecule has 0 N–H and O–H groups in total. The molecule has 1 aliphatic rings. The van der Waals surface area contributed by atoms with Crippen molar-refractivity contribution in [3.05, 3.63) is 64.9 Å². The Hall–Kier alpha value is -1.47. The van der Waals surface area contributed by atoms with E-state index in [-0.39, 0.29) is 24.1 Å². The normalized spacial score (nSPS) is 16.3. The fraction of sp³-hybridized carbons (Fsp3) is 0.250. The Labute approximate surface area is 139 Å². The molecule has 2 aromatic rings. The van der Waals surface area contributed by atoms with E-state index in [1.165, 1.54) is 16.4 Å². The number of sulfonamides is 1. The Morgan fingerprint density at radius 1 is 1.13 bits per heavy atom. The molecule has 0 radical (unpaired) electrons. The van der Waals surface area contributed by atoms with E-state index in [0.29, 0.717) is 11.6 Å². The van der Waals surface area contributed by atoms with Gasteiger partial charge in [-0.15, -0.1) is 0 Å². The standard InChI is InChI=1S/C16H15ClFNO3S/c17-16-4-2-1-3-12(16)11-22-14-9-19(10-14)23(20,21)15-7-5-13(18)6-8-15/h1-8,14H,9-11H2. The minimum atomic E-state index is -3.58. The van der Waals surface area contributed by atoms with Crippen LogP contribution in [-0.4, -0.2) is 31.9 Å². The van der Waals surface area contributed by atoms with Gasteiger partial charge in [0.2, 0.25) is 10.0 Å². The van der Waals surface area contributed by atoms with Crippen molar-refractivity contribution in [2.24, 2.45) is 0 Å². The number of halogens is 2. The summed E-state index contributed by atoms with van der Waals surface area (Å²) in [6.07, 6.45) is -0.165. The zero-order valence-electron chi connectivity index (χ0n) is 12.2. The van der Waals surface area contributed by atoms with Crippen LogP contribution in [0, 0.1) is 5.82 Å². The van der Waals surface area contributed by atoms with Crippen molar-refractivity contribution < 1.29 is 17.5 Å². The van der Waals surface area contributed by atoms with Crippen LogP contribution in [0.2, 0.25) is 5.02 Å². The molecule has 0 unspecified atom stereocenters. The molecule has 0 saturated carbocycles. The number of nitrogens with zero attached hydrogens (tertiary/aromatic N) is 1. The molecule has 2 aromatic carbocycles. The van der Waals surface area contributed by atoms with Crippen LogP contribution < -0.4 is 0 Å². The minimum absolute atomic E-state index is 0.0865. The van der Waals surface area contributed by atoms with Gasteiger partial charge in [-0.25, -0.2) is 12.8 Å². The lowest BCUT2D eigenvalue weighted by molar-refractivity contribution is -0.0295. The first-order valence-corrected chi connectivity index (χ1v) is 8.89. The third kappa shape index (κ3) is 3.55. The van der Waals surface area contributed by atoms with Crippen LogP contribution in [0.4, 0.5) is 4.39 Å². The van der Waals surface area contributed by atoms with Crippen molar-refractivity contribution >= 4 is 21.6 Å². The van der Waals surface area contributed by atoms with Gasteiger partial charge in [0.25, 0.3) is 0 Å². The van der Waals surface area contributed by atoms with Gasteiger partial charge >= 0.3 is 0 Å². The fourth-order valence-corrected chi connectivity index (χ4v) is 3.97. The highest BCUT2D eigenvalue weighted by molar-refractivity contribution is 7.89. The van der Waals surface area contributed by atoms with Gasteiger partial charge in [-0.3, -0.25) is 0 Å². The first-order valence-electron chi connectivity index (χ1n) is 7.07. The van der Waals surface area contributed by atoms with Gasteiger partial charge in [0.05, 0.1) is 17.6 Å². The van der Waals surface area contributed by atoms with Crippen molar-refractivity contribution in [1.29, 1.82) is 0 Å². The topological polar surface area (TPSA) is 46.6 Å². The monoisotopic (exact) mass is 355 g/mol. The van der Waals surface area contributed by atoms with Crippen molar-refractivity contribution in [1.82, 2.24) is 4.31 Å². The van der Waals surface area contributed by atoms with Crippen molar-refractivity contribution in [3.63, 3.8) is 0 Å². The van der Waals surface area contributed by atoms with Gasteiger partial charge in [0, 0.05) is 18.1 Å². The average Bonchev–Trinajstić information content (AvgIpc) is 2.47. The summed E-state index contributed by atoms with van der Waals surface area (Å²) in [6, 6.07) is 12.2. The Kier molecular flexibility index (Phi) is 4.68. The molecular formula is C16H15ClFNO3S. The van der Waals surface area contributed by atoms with E-state index in [1.54, 1.807) is 6.07 Å². The van der Waals surface area contributed by atoms with Crippen LogP contribution in [0.25, 0.3) is 0 Å². The van der Waals surface area contributed by atoms with Crippen LogP contribution in [0.1, 0.15) is 5.56 Å². The molecule has 7 heteroatoms. The van der Waals surface area contributed by atoms with Crippen molar-refractivity contribution in [2.75, 3.05) is 13.1 Å². The van der Waals surface area contributed by atoms with E-state index in [0.717, 1.165) is 17.7 Å². The van der Waals surface area contributed by atoms with E-state index in [4.69, 9.17) is 16.3 Å². The second-order valence-corrected chi connectivity index (χ2v) is 7.65. The molecule has 0 bridgehead atoms. The average molecular weight is 356 g/mol. The highest BCUT2D eigenvalue weighted by atomic mass is 35.5. The van der Waals surface area contributed by atoms with E-state index in [9.17, 15) is 12.8 Å². The van der Waals surface area contributed by atoms with Crippen LogP contribution in [-0.2, 0) is 21.4 Å². The first-order chi connectivity index (χ1) is 11.0. The molecule has 1 saturated heterocycles. The molecule has 0 amide bonds. The van der Waals surface area contributed by atoms with Gasteiger partial charge in [0.1, 0.15) is 5.82 Å². The fourth-order valence-electron chi connectivity index (χ4n) is 2.28. The van der Waals surface area contributed by atoms with Gasteiger partial charge in [0.15, 0.2) is 0 Å². The Morgan fingerprint density at radius 3 is 2.43 bits per heavy atom. The maximum Gasteiger partial charge on any atom is 0.243 e. The predicted octanol–water partition coefficient (Wildman–Crippen LogP) is 3.07. The second kappa shape index (κ2) is 6.57. The molecule has 0 aromatic heterocycles. The summed E-state index contributed by atoms with van der Waals surface area (Å²) in [7, 11) is -3.58. The highest BCUT2D eigenvalue weighted by Crippen LogP contribution is 2.25. The van der Waals surface area contributed by atoms with Crippen molar-refractivity contribution in [3.8, 4) is 0 Å². The third-order valence-corrected chi connectivity index (χ3v) is 5.91. The summed E-state index contributed by atoms with van der Waals surface area (Å²) in [5, 5.41) is 0.627. The third-order valence-electron chi connectivity index (χ3n) is 3.70. The lowest BCUT2D eigenvalue weighted by Crippen LogP contribution is -2.54. The molecule has 3 rings (SSSR count). The van der Waals surface area contributed by atoms with Gasteiger partial charge in [-0.2, -0.15) is 4.31 Å². The quantitative estimate of drug-likeness (QED) is 0.828. The molecule has 0 aliphatic carbocycles. The SMILES string of the molecule is O=S(=O)(c1ccc(F)cc1)N1CC(OCc2ccccc2Cl)C1. The largest absolute Gasteiger partial charge is 0.371 e. The molecule has 0 atom stereocenters. The van der Waals surface area contributed by atoms with E-state index >= 15 is 0 Å². The molecule has 23 heavy (non-hydrogen) atoms. The Balaban J connectivity index is 1.56. The lowest BCUT2D eigenvalue weighted by Gasteiger charge is -2.37. The molecular weight excluding hydrogens is 341 g/mol. The summed E-state index contributed by atoms with van der Waals surface area (Å²) >= 11 is 6.05. The lowest BCUT2D eigenvalue weighted by atomic mass is 10.2. The Morgan fingerprint density at radius 2 is 1.78 bits per heavy atom. The van der Waals surface area contributed by atoms with E-state index < -0.39 is 15.8 Å². The molecule has 1 fully saturated rings. The number of rotatable bonds is 5. The van der Waals surface area contributed by atoms with Crippen LogP contribution in [0.15, 0.2) is 53.4 Å². The second-order valence-electron chi connectivity index (χ2n) is 5.30. The summed E-state index contributed by atoms with van der Waals surface area (Å²) in [5.74, 6) is -0.464. The van der Waals surface area contributed by atoms with E-state index in [2.05, 4.69) is 0 Å². The summed E-state index contributed by atoms with van der Waals surface area (Å²) < 4.78 is 44.5. The predicted molar refractivity (Wildman–Crippen MR) is 85.2 cm³/mol. The molecule has 122 valence electrons. The van der Waals surface area contributed by atoms with Crippen LogP contribution >= 0.6 is 11.6 Å². The maximum absolute atomic E-state index is 12.9. The van der Waals surface area contributed by atoms with Crippen LogP contribution in [0.3, 0.4) is 0 Å². The number of hydrogen-bond acceptors (Lipinski definition) is 3. The van der Waals surface area contributed by atoms with Crippen molar-refractivity contribution in [2.45, 2.75) is 17.6 Å². The van der Waals surface area contributed by atoms with E-state index in [1.807, 2.05) is 18.2 Å². The molecule has 0 spiro atoms. The maximum atomic E-state index is 12.9. The summed E-state index contributed by atoms with van der Waals surface area (Å²) in [4.78, 5) is 0.0865. The minimum Gasteiger partial charge on any atom is -0.371 e. The zero-order chi connectivity index (χ0) is 16.4. The molecule has 1 heterocycles. The molecule has 1 aliphatic heterocycles. The van der Waals surface area contributed by atoms with Gasteiger partial charge in [-0.05, 0) is 35.9 Å². The van der Waals surface area contributed by atoms with Crippen LogP contribution in [0.5, 0.6) is 0 Å². The van der Waals surface area contributed by atoms with Gasteiger partial charge in [-0.1, -0.05) is 29.8 Å².